The van der Waals surface area contributed by atoms with Crippen molar-refractivity contribution >= 4 is 11.6 Å². The second-order valence-electron chi connectivity index (χ2n) is 6.18. The van der Waals surface area contributed by atoms with E-state index in [1.807, 2.05) is 50.1 Å². The van der Waals surface area contributed by atoms with Crippen LogP contribution >= 0.6 is 0 Å². The Labute approximate surface area is 150 Å². The van der Waals surface area contributed by atoms with Crippen LogP contribution in [0.4, 0.5) is 5.69 Å². The Morgan fingerprint density at radius 2 is 1.72 bits per heavy atom. The normalized spacial score (nSPS) is 12.0. The number of hydrogen-bond acceptors (Lipinski definition) is 3. The van der Waals surface area contributed by atoms with Crippen molar-refractivity contribution in [1.29, 1.82) is 0 Å². The van der Waals surface area contributed by atoms with E-state index in [2.05, 4.69) is 36.5 Å². The first-order valence-corrected chi connectivity index (χ1v) is 8.85. The first-order valence-electron chi connectivity index (χ1n) is 8.85. The molecule has 0 saturated carbocycles. The molecule has 1 N–H and O–H groups in total. The molecule has 0 aliphatic carbocycles. The summed E-state index contributed by atoms with van der Waals surface area (Å²) >= 11 is 0. The van der Waals surface area contributed by atoms with Crippen LogP contribution in [0, 0.1) is 0 Å². The zero-order valence-corrected chi connectivity index (χ0v) is 15.6. The molecule has 1 atom stereocenters. The molecule has 2 aromatic rings. The van der Waals surface area contributed by atoms with Crippen LogP contribution in [0.15, 0.2) is 48.5 Å². The minimum Gasteiger partial charge on any atom is -0.492 e. The molecule has 4 heteroatoms. The van der Waals surface area contributed by atoms with Crippen molar-refractivity contribution in [2.45, 2.75) is 39.8 Å². The number of rotatable bonds is 8. The highest BCUT2D eigenvalue weighted by Gasteiger charge is 2.19. The number of benzene rings is 2. The number of hydrogen-bond donors (Lipinski definition) is 1. The Morgan fingerprint density at radius 1 is 1.08 bits per heavy atom. The lowest BCUT2D eigenvalue weighted by molar-refractivity contribution is -0.120. The van der Waals surface area contributed by atoms with Gasteiger partial charge in [-0.25, -0.2) is 0 Å². The molecule has 0 aliphatic rings. The molecule has 0 heterocycles. The van der Waals surface area contributed by atoms with Crippen LogP contribution in [0.2, 0.25) is 0 Å². The minimum atomic E-state index is -0.250. The number of aryl methyl sites for hydroxylation is 1. The summed E-state index contributed by atoms with van der Waals surface area (Å²) in [7, 11) is 1.96. The largest absolute Gasteiger partial charge is 0.492 e. The van der Waals surface area contributed by atoms with E-state index in [-0.39, 0.29) is 11.9 Å². The maximum atomic E-state index is 12.6. The highest BCUT2D eigenvalue weighted by molar-refractivity contribution is 5.95. The fourth-order valence-corrected chi connectivity index (χ4v) is 2.59. The van der Waals surface area contributed by atoms with E-state index < -0.39 is 0 Å². The van der Waals surface area contributed by atoms with Gasteiger partial charge in [0.05, 0.1) is 18.3 Å². The Balaban J connectivity index is 1.98. The third-order valence-electron chi connectivity index (χ3n) is 4.35. The predicted octanol–water partition coefficient (Wildman–Crippen LogP) is 4.11. The first kappa shape index (κ1) is 19.0. The van der Waals surface area contributed by atoms with Crippen LogP contribution in [0.25, 0.3) is 0 Å². The Kier molecular flexibility index (Phi) is 7.02. The Hall–Kier alpha value is -2.33. The van der Waals surface area contributed by atoms with Gasteiger partial charge in [0, 0.05) is 6.54 Å². The lowest BCUT2D eigenvalue weighted by atomic mass is 10.1. The van der Waals surface area contributed by atoms with Gasteiger partial charge in [-0.15, -0.1) is 0 Å². The fourth-order valence-electron chi connectivity index (χ4n) is 2.59. The van der Waals surface area contributed by atoms with Gasteiger partial charge in [0.2, 0.25) is 5.91 Å². The molecule has 2 aromatic carbocycles. The molecule has 4 nitrogen and oxygen atoms in total. The number of ether oxygens (including phenoxy) is 1. The summed E-state index contributed by atoms with van der Waals surface area (Å²) < 4.78 is 5.57. The first-order chi connectivity index (χ1) is 12.0. The van der Waals surface area contributed by atoms with Crippen molar-refractivity contribution in [2.24, 2.45) is 0 Å². The number of amides is 1. The van der Waals surface area contributed by atoms with Gasteiger partial charge in [-0.2, -0.15) is 0 Å². The third kappa shape index (κ3) is 5.33. The third-order valence-corrected chi connectivity index (χ3v) is 4.35. The van der Waals surface area contributed by atoms with E-state index in [0.717, 1.165) is 13.0 Å². The molecule has 0 saturated heterocycles. The van der Waals surface area contributed by atoms with Crippen molar-refractivity contribution in [1.82, 2.24) is 4.90 Å². The molecule has 0 spiro atoms. The van der Waals surface area contributed by atoms with E-state index >= 15 is 0 Å². The summed E-state index contributed by atoms with van der Waals surface area (Å²) in [6.45, 7) is 7.28. The molecular weight excluding hydrogens is 312 g/mol. The molecule has 0 fully saturated rings. The molecule has 0 radical (unpaired) electrons. The number of para-hydroxylation sites is 2. The monoisotopic (exact) mass is 340 g/mol. The van der Waals surface area contributed by atoms with Crippen LogP contribution in [0.1, 0.15) is 31.9 Å². The van der Waals surface area contributed by atoms with Gasteiger partial charge in [0.15, 0.2) is 0 Å². The number of carbonyl (C=O) groups excluding carboxylic acids is 1. The second kappa shape index (κ2) is 9.23. The number of nitrogens with one attached hydrogen (secondary N) is 1. The topological polar surface area (TPSA) is 41.6 Å². The number of nitrogens with zero attached hydrogens (tertiary/aromatic N) is 1. The van der Waals surface area contributed by atoms with E-state index in [1.54, 1.807) is 0 Å². The maximum absolute atomic E-state index is 12.6. The van der Waals surface area contributed by atoms with Crippen molar-refractivity contribution in [3.63, 3.8) is 0 Å². The molecule has 0 bridgehead atoms. The van der Waals surface area contributed by atoms with Crippen LogP contribution < -0.4 is 10.1 Å². The maximum Gasteiger partial charge on any atom is 0.241 e. The van der Waals surface area contributed by atoms with Gasteiger partial charge < -0.3 is 10.1 Å². The number of likely N-dealkylation sites (N-methyl/N-ethyl adjacent to an activating group) is 1. The summed E-state index contributed by atoms with van der Waals surface area (Å²) in [4.78, 5) is 14.6. The summed E-state index contributed by atoms with van der Waals surface area (Å²) in [6.07, 6.45) is 1.04. The average molecular weight is 340 g/mol. The quantitative estimate of drug-likeness (QED) is 0.786. The predicted molar refractivity (Wildman–Crippen MR) is 103 cm³/mol. The van der Waals surface area contributed by atoms with Gasteiger partial charge in [-0.1, -0.05) is 43.3 Å². The van der Waals surface area contributed by atoms with Crippen molar-refractivity contribution in [3.8, 4) is 5.75 Å². The summed E-state index contributed by atoms with van der Waals surface area (Å²) in [5.74, 6) is 0.656. The lowest BCUT2D eigenvalue weighted by Crippen LogP contribution is -2.39. The zero-order valence-electron chi connectivity index (χ0n) is 15.6. The lowest BCUT2D eigenvalue weighted by Gasteiger charge is -2.24. The summed E-state index contributed by atoms with van der Waals surface area (Å²) in [6, 6.07) is 15.8. The van der Waals surface area contributed by atoms with Gasteiger partial charge in [-0.3, -0.25) is 9.69 Å². The van der Waals surface area contributed by atoms with Gasteiger partial charge in [0.25, 0.3) is 0 Å². The summed E-state index contributed by atoms with van der Waals surface area (Å²) in [5, 5.41) is 2.97. The molecule has 134 valence electrons. The van der Waals surface area contributed by atoms with E-state index in [4.69, 9.17) is 4.74 Å². The number of carbonyl (C=O) groups is 1. The van der Waals surface area contributed by atoms with E-state index in [0.29, 0.717) is 18.0 Å². The highest BCUT2D eigenvalue weighted by Crippen LogP contribution is 2.24. The molecular formula is C21H28N2O2. The molecule has 2 rings (SSSR count). The van der Waals surface area contributed by atoms with Crippen LogP contribution in [-0.2, 0) is 17.8 Å². The van der Waals surface area contributed by atoms with Crippen LogP contribution in [0.5, 0.6) is 5.75 Å². The SMILES string of the molecule is CCOc1ccccc1NC(=O)C(C)N(C)Cc1ccc(CC)cc1. The van der Waals surface area contributed by atoms with Crippen molar-refractivity contribution < 1.29 is 9.53 Å². The molecule has 0 aliphatic heterocycles. The fraction of sp³-hybridized carbons (Fsp3) is 0.381. The minimum absolute atomic E-state index is 0.0418. The molecule has 1 amide bonds. The molecule has 1 unspecified atom stereocenters. The van der Waals surface area contributed by atoms with Gasteiger partial charge >= 0.3 is 0 Å². The van der Waals surface area contributed by atoms with Gasteiger partial charge in [-0.05, 0) is 50.6 Å². The highest BCUT2D eigenvalue weighted by atomic mass is 16.5. The summed E-state index contributed by atoms with van der Waals surface area (Å²) in [5.41, 5.74) is 3.24. The smallest absolute Gasteiger partial charge is 0.241 e. The zero-order chi connectivity index (χ0) is 18.2. The van der Waals surface area contributed by atoms with Crippen LogP contribution in [-0.4, -0.2) is 30.5 Å². The van der Waals surface area contributed by atoms with E-state index in [1.165, 1.54) is 11.1 Å². The van der Waals surface area contributed by atoms with E-state index in [9.17, 15) is 4.79 Å². The average Bonchev–Trinajstić information content (AvgIpc) is 2.63. The number of anilines is 1. The molecule has 0 aromatic heterocycles. The standard InChI is InChI=1S/C21H28N2O2/c1-5-17-11-13-18(14-12-17)15-23(4)16(3)21(24)22-19-9-7-8-10-20(19)25-6-2/h7-14,16H,5-6,15H2,1-4H3,(H,22,24). The van der Waals surface area contributed by atoms with Crippen LogP contribution in [0.3, 0.4) is 0 Å². The van der Waals surface area contributed by atoms with Gasteiger partial charge in [0.1, 0.15) is 5.75 Å². The second-order valence-corrected chi connectivity index (χ2v) is 6.18. The van der Waals surface area contributed by atoms with Crippen molar-refractivity contribution in [3.05, 3.63) is 59.7 Å². The Bertz CT molecular complexity index is 683. The Morgan fingerprint density at radius 3 is 2.36 bits per heavy atom. The van der Waals surface area contributed by atoms with Crippen molar-refractivity contribution in [2.75, 3.05) is 19.0 Å². The molecule has 25 heavy (non-hydrogen) atoms.